The topological polar surface area (TPSA) is 59.8 Å². The van der Waals surface area contributed by atoms with Gasteiger partial charge in [0.1, 0.15) is 0 Å². The Kier molecular flexibility index (Phi) is 4.24. The minimum Gasteiger partial charge on any atom is -0.344 e. The fourth-order valence-electron chi connectivity index (χ4n) is 2.90. The smallest absolute Gasteiger partial charge is 0.273 e. The van der Waals surface area contributed by atoms with Crippen LogP contribution in [0.1, 0.15) is 34.9 Å². The third-order valence-corrected chi connectivity index (χ3v) is 4.68. The zero-order chi connectivity index (χ0) is 17.2. The van der Waals surface area contributed by atoms with Gasteiger partial charge in [-0.15, -0.1) is 5.10 Å². The van der Waals surface area contributed by atoms with Crippen molar-refractivity contribution in [2.45, 2.75) is 18.9 Å². The predicted molar refractivity (Wildman–Crippen MR) is 95.7 cm³/mol. The van der Waals surface area contributed by atoms with Gasteiger partial charge in [-0.3, -0.25) is 4.79 Å². The van der Waals surface area contributed by atoms with E-state index in [2.05, 4.69) is 15.6 Å². The third kappa shape index (κ3) is 3.42. The lowest BCUT2D eigenvalue weighted by molar-refractivity contribution is 0.0926. The van der Waals surface area contributed by atoms with Crippen LogP contribution >= 0.6 is 11.6 Å². The van der Waals surface area contributed by atoms with Crippen LogP contribution in [0, 0.1) is 5.92 Å². The van der Waals surface area contributed by atoms with Crippen LogP contribution in [0.15, 0.2) is 60.8 Å². The number of nitrogens with one attached hydrogen (secondary N) is 1. The highest BCUT2D eigenvalue weighted by atomic mass is 35.5. The molecule has 25 heavy (non-hydrogen) atoms. The van der Waals surface area contributed by atoms with Gasteiger partial charge < -0.3 is 5.32 Å². The van der Waals surface area contributed by atoms with Gasteiger partial charge in [0.25, 0.3) is 5.91 Å². The van der Waals surface area contributed by atoms with E-state index in [0.29, 0.717) is 16.6 Å². The van der Waals surface area contributed by atoms with Crippen LogP contribution in [0.2, 0.25) is 5.02 Å². The molecule has 2 aromatic carbocycles. The van der Waals surface area contributed by atoms with Crippen molar-refractivity contribution in [3.05, 3.63) is 77.1 Å². The van der Waals surface area contributed by atoms with Gasteiger partial charge in [0.15, 0.2) is 5.69 Å². The summed E-state index contributed by atoms with van der Waals surface area (Å²) in [6, 6.07) is 17.4. The van der Waals surface area contributed by atoms with Crippen LogP contribution in [-0.2, 0) is 0 Å². The van der Waals surface area contributed by atoms with Gasteiger partial charge in [-0.1, -0.05) is 59.3 Å². The highest BCUT2D eigenvalue weighted by molar-refractivity contribution is 6.32. The molecule has 0 radical (unpaired) electrons. The Morgan fingerprint density at radius 1 is 1.12 bits per heavy atom. The first-order valence-corrected chi connectivity index (χ1v) is 8.63. The normalized spacial score (nSPS) is 14.9. The van der Waals surface area contributed by atoms with Crippen molar-refractivity contribution in [3.63, 3.8) is 0 Å². The Bertz CT molecular complexity index is 889. The molecule has 3 aromatic rings. The maximum absolute atomic E-state index is 12.6. The Labute approximate surface area is 150 Å². The molecule has 1 unspecified atom stereocenters. The second kappa shape index (κ2) is 6.69. The minimum absolute atomic E-state index is 0.0131. The van der Waals surface area contributed by atoms with Gasteiger partial charge in [-0.05, 0) is 36.5 Å². The molecule has 0 bridgehead atoms. The van der Waals surface area contributed by atoms with Crippen molar-refractivity contribution in [3.8, 4) is 5.69 Å². The molecule has 126 valence electrons. The third-order valence-electron chi connectivity index (χ3n) is 4.36. The lowest BCUT2D eigenvalue weighted by Gasteiger charge is -2.17. The van der Waals surface area contributed by atoms with Crippen LogP contribution in [-0.4, -0.2) is 20.9 Å². The number of aromatic nitrogens is 3. The van der Waals surface area contributed by atoms with Crippen molar-refractivity contribution in [1.82, 2.24) is 20.3 Å². The molecule has 4 rings (SSSR count). The summed E-state index contributed by atoms with van der Waals surface area (Å²) >= 11 is 6.17. The van der Waals surface area contributed by atoms with E-state index in [1.807, 2.05) is 48.5 Å². The summed E-state index contributed by atoms with van der Waals surface area (Å²) in [5.41, 5.74) is 2.09. The van der Waals surface area contributed by atoms with E-state index in [0.717, 1.165) is 18.4 Å². The molecule has 0 spiro atoms. The highest BCUT2D eigenvalue weighted by Gasteiger charge is 2.33. The van der Waals surface area contributed by atoms with E-state index in [-0.39, 0.29) is 17.6 Å². The number of halogens is 1. The standard InChI is InChI=1S/C19H17ClN4O/c20-15-8-4-5-9-17(15)24-12-16(22-23-24)19(25)21-18(14-10-11-14)13-6-2-1-3-7-13/h1-9,12,14,18H,10-11H2,(H,21,25). The monoisotopic (exact) mass is 352 g/mol. The van der Waals surface area contributed by atoms with E-state index in [4.69, 9.17) is 11.6 Å². The molecule has 5 nitrogen and oxygen atoms in total. The maximum atomic E-state index is 12.6. The van der Waals surface area contributed by atoms with Crippen molar-refractivity contribution in [1.29, 1.82) is 0 Å². The van der Waals surface area contributed by atoms with Gasteiger partial charge in [-0.25, -0.2) is 4.68 Å². The zero-order valence-electron chi connectivity index (χ0n) is 13.5. The first kappa shape index (κ1) is 15.8. The van der Waals surface area contributed by atoms with Gasteiger partial charge in [0.05, 0.1) is 22.9 Å². The van der Waals surface area contributed by atoms with E-state index in [1.54, 1.807) is 12.3 Å². The molecule has 1 fully saturated rings. The summed E-state index contributed by atoms with van der Waals surface area (Å²) in [5, 5.41) is 11.7. The van der Waals surface area contributed by atoms with Crippen LogP contribution in [0.3, 0.4) is 0 Å². The Morgan fingerprint density at radius 3 is 2.56 bits per heavy atom. The van der Waals surface area contributed by atoms with Crippen molar-refractivity contribution in [2.75, 3.05) is 0 Å². The second-order valence-corrected chi connectivity index (χ2v) is 6.61. The molecular weight excluding hydrogens is 336 g/mol. The molecule has 1 aromatic heterocycles. The fourth-order valence-corrected chi connectivity index (χ4v) is 3.12. The first-order chi connectivity index (χ1) is 12.2. The molecule has 1 atom stereocenters. The molecule has 1 saturated carbocycles. The van der Waals surface area contributed by atoms with Crippen LogP contribution in [0.4, 0.5) is 0 Å². The largest absolute Gasteiger partial charge is 0.344 e. The Morgan fingerprint density at radius 2 is 1.84 bits per heavy atom. The zero-order valence-corrected chi connectivity index (χ0v) is 14.2. The average molecular weight is 353 g/mol. The van der Waals surface area contributed by atoms with E-state index in [9.17, 15) is 4.79 Å². The number of nitrogens with zero attached hydrogens (tertiary/aromatic N) is 3. The van der Waals surface area contributed by atoms with E-state index in [1.165, 1.54) is 4.68 Å². The quantitative estimate of drug-likeness (QED) is 0.759. The number of hydrogen-bond acceptors (Lipinski definition) is 3. The number of carbonyl (C=O) groups excluding carboxylic acids is 1. The predicted octanol–water partition coefficient (Wildman–Crippen LogP) is 3.80. The Balaban J connectivity index is 1.54. The summed E-state index contributed by atoms with van der Waals surface area (Å²) < 4.78 is 1.52. The SMILES string of the molecule is O=C(NC(c1ccccc1)C1CC1)c1cn(-c2ccccc2Cl)nn1. The second-order valence-electron chi connectivity index (χ2n) is 6.20. The van der Waals surface area contributed by atoms with Crippen molar-refractivity contribution in [2.24, 2.45) is 5.92 Å². The van der Waals surface area contributed by atoms with Gasteiger partial charge in [-0.2, -0.15) is 0 Å². The molecule has 1 amide bonds. The summed E-state index contributed by atoms with van der Waals surface area (Å²) in [6.07, 6.45) is 3.86. The molecular formula is C19H17ClN4O. The maximum Gasteiger partial charge on any atom is 0.273 e. The lowest BCUT2D eigenvalue weighted by Crippen LogP contribution is -2.30. The van der Waals surface area contributed by atoms with Crippen molar-refractivity contribution < 1.29 is 4.79 Å². The van der Waals surface area contributed by atoms with Gasteiger partial charge >= 0.3 is 0 Å². The van der Waals surface area contributed by atoms with Crippen LogP contribution < -0.4 is 5.32 Å². The van der Waals surface area contributed by atoms with Gasteiger partial charge in [0, 0.05) is 0 Å². The molecule has 1 N–H and O–H groups in total. The molecule has 1 heterocycles. The summed E-state index contributed by atoms with van der Waals surface area (Å²) in [7, 11) is 0. The number of benzene rings is 2. The van der Waals surface area contributed by atoms with Gasteiger partial charge in [0.2, 0.25) is 0 Å². The number of carbonyl (C=O) groups is 1. The molecule has 0 aliphatic heterocycles. The molecule has 0 saturated heterocycles. The Hall–Kier alpha value is -2.66. The summed E-state index contributed by atoms with van der Waals surface area (Å²) in [5.74, 6) is 0.268. The number of rotatable bonds is 5. The number of para-hydroxylation sites is 1. The summed E-state index contributed by atoms with van der Waals surface area (Å²) in [4.78, 5) is 12.6. The minimum atomic E-state index is -0.223. The number of amides is 1. The summed E-state index contributed by atoms with van der Waals surface area (Å²) in [6.45, 7) is 0. The molecule has 1 aliphatic rings. The van der Waals surface area contributed by atoms with Crippen LogP contribution in [0.25, 0.3) is 5.69 Å². The average Bonchev–Trinajstić information content (AvgIpc) is 3.36. The van der Waals surface area contributed by atoms with Crippen LogP contribution in [0.5, 0.6) is 0 Å². The van der Waals surface area contributed by atoms with E-state index >= 15 is 0 Å². The van der Waals surface area contributed by atoms with Crippen molar-refractivity contribution >= 4 is 17.5 Å². The highest BCUT2D eigenvalue weighted by Crippen LogP contribution is 2.41. The van der Waals surface area contributed by atoms with E-state index < -0.39 is 0 Å². The number of hydrogen-bond donors (Lipinski definition) is 1. The fraction of sp³-hybridized carbons (Fsp3) is 0.211. The molecule has 6 heteroatoms. The lowest BCUT2D eigenvalue weighted by atomic mass is 10.0. The molecule has 1 aliphatic carbocycles. The first-order valence-electron chi connectivity index (χ1n) is 8.25.